The fraction of sp³-hybridized carbons (Fsp3) is 0.400. The summed E-state index contributed by atoms with van der Waals surface area (Å²) < 4.78 is 47.9. The van der Waals surface area contributed by atoms with Crippen LogP contribution in [0.2, 0.25) is 0 Å². The molecule has 6 nitrogen and oxygen atoms in total. The molecular formula is C25H30FN3O3S2. The summed E-state index contributed by atoms with van der Waals surface area (Å²) in [6.07, 6.45) is 6.43. The maximum absolute atomic E-state index is 13.6. The van der Waals surface area contributed by atoms with Crippen LogP contribution < -0.4 is 14.8 Å². The van der Waals surface area contributed by atoms with Gasteiger partial charge in [-0.1, -0.05) is 30.6 Å². The average molecular weight is 504 g/mol. The molecule has 0 saturated heterocycles. The molecule has 0 unspecified atom stereocenters. The number of ether oxygens (including phenoxy) is 1. The van der Waals surface area contributed by atoms with Crippen LogP contribution in [0.5, 0.6) is 5.75 Å². The Kier molecular flexibility index (Phi) is 7.42. The first-order valence-corrected chi connectivity index (χ1v) is 13.8. The highest BCUT2D eigenvalue weighted by molar-refractivity contribution is 7.92. The van der Waals surface area contributed by atoms with Crippen molar-refractivity contribution >= 4 is 32.2 Å². The summed E-state index contributed by atoms with van der Waals surface area (Å²) in [5.41, 5.74) is 2.23. The molecule has 3 aromatic rings. The van der Waals surface area contributed by atoms with Gasteiger partial charge in [-0.25, -0.2) is 17.8 Å². The van der Waals surface area contributed by atoms with Gasteiger partial charge in [0.05, 0.1) is 17.7 Å². The molecule has 1 aromatic heterocycles. The van der Waals surface area contributed by atoms with E-state index in [0.717, 1.165) is 27.8 Å². The van der Waals surface area contributed by atoms with E-state index in [4.69, 9.17) is 4.74 Å². The van der Waals surface area contributed by atoms with E-state index in [9.17, 15) is 12.8 Å². The molecule has 0 spiro atoms. The van der Waals surface area contributed by atoms with Gasteiger partial charge in [-0.05, 0) is 80.1 Å². The standard InChI is InChI=1S/C25H30FN3O3S2/c1-16-13-20(10-11-21(16)26)29-34(30,31)23-14-19(9-12-22(23)32-3)24-17(2)28-25(33-24)27-15-18-7-5-4-6-8-18/h9-14,18,29H,4-8,15H2,1-3H3,(H,27,28). The van der Waals surface area contributed by atoms with Crippen LogP contribution >= 0.6 is 11.3 Å². The summed E-state index contributed by atoms with van der Waals surface area (Å²) in [5, 5.41) is 4.32. The Morgan fingerprint density at radius 1 is 1.12 bits per heavy atom. The minimum Gasteiger partial charge on any atom is -0.495 e. The molecule has 9 heteroatoms. The van der Waals surface area contributed by atoms with Crippen molar-refractivity contribution in [2.24, 2.45) is 5.92 Å². The number of rotatable bonds is 8. The SMILES string of the molecule is COc1ccc(-c2sc(NCC3CCCCC3)nc2C)cc1S(=O)(=O)Nc1ccc(F)c(C)c1. The third-order valence-corrected chi connectivity index (χ3v) is 8.76. The van der Waals surface area contributed by atoms with Gasteiger partial charge in [-0.2, -0.15) is 0 Å². The molecule has 1 aliphatic rings. The van der Waals surface area contributed by atoms with Crippen molar-refractivity contribution in [3.05, 3.63) is 53.5 Å². The topological polar surface area (TPSA) is 80.3 Å². The van der Waals surface area contributed by atoms with Crippen molar-refractivity contribution in [1.29, 1.82) is 0 Å². The van der Waals surface area contributed by atoms with Gasteiger partial charge < -0.3 is 10.1 Å². The predicted octanol–water partition coefficient (Wildman–Crippen LogP) is 6.37. The first-order chi connectivity index (χ1) is 16.3. The fourth-order valence-corrected chi connectivity index (χ4v) is 6.52. The lowest BCUT2D eigenvalue weighted by molar-refractivity contribution is 0.373. The molecule has 0 aliphatic heterocycles. The number of aromatic nitrogens is 1. The maximum Gasteiger partial charge on any atom is 0.265 e. The molecule has 4 rings (SSSR count). The van der Waals surface area contributed by atoms with E-state index in [2.05, 4.69) is 15.0 Å². The van der Waals surface area contributed by atoms with Crippen molar-refractivity contribution in [3.63, 3.8) is 0 Å². The van der Waals surface area contributed by atoms with E-state index in [0.29, 0.717) is 11.5 Å². The fourth-order valence-electron chi connectivity index (χ4n) is 4.31. The molecule has 2 N–H and O–H groups in total. The number of aryl methyl sites for hydroxylation is 2. The van der Waals surface area contributed by atoms with E-state index in [-0.39, 0.29) is 16.3 Å². The van der Waals surface area contributed by atoms with Gasteiger partial charge in [0, 0.05) is 12.2 Å². The molecule has 1 heterocycles. The highest BCUT2D eigenvalue weighted by atomic mass is 32.2. The molecule has 1 saturated carbocycles. The van der Waals surface area contributed by atoms with E-state index in [1.54, 1.807) is 19.1 Å². The number of halogens is 1. The van der Waals surface area contributed by atoms with Crippen LogP contribution in [0.3, 0.4) is 0 Å². The molecule has 0 atom stereocenters. The quantitative estimate of drug-likeness (QED) is 0.373. The van der Waals surface area contributed by atoms with Gasteiger partial charge in [0.1, 0.15) is 16.5 Å². The highest BCUT2D eigenvalue weighted by Gasteiger charge is 2.23. The second-order valence-corrected chi connectivity index (χ2v) is 11.4. The molecule has 1 aliphatic carbocycles. The monoisotopic (exact) mass is 503 g/mol. The van der Waals surface area contributed by atoms with Crippen molar-refractivity contribution in [2.75, 3.05) is 23.7 Å². The van der Waals surface area contributed by atoms with E-state index < -0.39 is 15.8 Å². The van der Waals surface area contributed by atoms with Crippen molar-refractivity contribution in [1.82, 2.24) is 4.98 Å². The molecule has 2 aromatic carbocycles. The van der Waals surface area contributed by atoms with Crippen molar-refractivity contribution < 1.29 is 17.5 Å². The second-order valence-electron chi connectivity index (χ2n) is 8.75. The average Bonchev–Trinajstić information content (AvgIpc) is 3.20. The summed E-state index contributed by atoms with van der Waals surface area (Å²) in [5.74, 6) is 0.518. The summed E-state index contributed by atoms with van der Waals surface area (Å²) in [4.78, 5) is 5.59. The van der Waals surface area contributed by atoms with Gasteiger partial charge in [0.15, 0.2) is 5.13 Å². The van der Waals surface area contributed by atoms with Gasteiger partial charge in [0.25, 0.3) is 10.0 Å². The summed E-state index contributed by atoms with van der Waals surface area (Å²) in [6.45, 7) is 4.42. The lowest BCUT2D eigenvalue weighted by Gasteiger charge is -2.21. The van der Waals surface area contributed by atoms with Crippen molar-refractivity contribution in [3.8, 4) is 16.2 Å². The van der Waals surface area contributed by atoms with Crippen LogP contribution in [0, 0.1) is 25.6 Å². The Bertz CT molecular complexity index is 1270. The second kappa shape index (κ2) is 10.3. The van der Waals surface area contributed by atoms with Crippen LogP contribution in [0.25, 0.3) is 10.4 Å². The number of anilines is 2. The van der Waals surface area contributed by atoms with Gasteiger partial charge >= 0.3 is 0 Å². The lowest BCUT2D eigenvalue weighted by Crippen LogP contribution is -2.16. The molecule has 1 fully saturated rings. The molecule has 182 valence electrons. The molecule has 0 radical (unpaired) electrons. The van der Waals surface area contributed by atoms with Crippen LogP contribution in [0.15, 0.2) is 41.3 Å². The van der Waals surface area contributed by atoms with E-state index in [1.165, 1.54) is 68.7 Å². The Morgan fingerprint density at radius 2 is 1.88 bits per heavy atom. The first-order valence-electron chi connectivity index (χ1n) is 11.5. The highest BCUT2D eigenvalue weighted by Crippen LogP contribution is 2.37. The van der Waals surface area contributed by atoms with E-state index >= 15 is 0 Å². The smallest absolute Gasteiger partial charge is 0.265 e. The third-order valence-electron chi connectivity index (χ3n) is 6.19. The van der Waals surface area contributed by atoms with Gasteiger partial charge in [-0.3, -0.25) is 4.72 Å². The number of nitrogens with one attached hydrogen (secondary N) is 2. The van der Waals surface area contributed by atoms with Crippen LogP contribution in [0.1, 0.15) is 43.4 Å². The summed E-state index contributed by atoms with van der Waals surface area (Å²) >= 11 is 1.52. The normalized spacial score (nSPS) is 14.7. The summed E-state index contributed by atoms with van der Waals surface area (Å²) in [6, 6.07) is 9.18. The zero-order valence-corrected chi connectivity index (χ0v) is 21.3. The maximum atomic E-state index is 13.6. The first kappa shape index (κ1) is 24.5. The molecule has 34 heavy (non-hydrogen) atoms. The van der Waals surface area contributed by atoms with E-state index in [1.807, 2.05) is 13.0 Å². The van der Waals surface area contributed by atoms with Gasteiger partial charge in [0.2, 0.25) is 0 Å². The van der Waals surface area contributed by atoms with Gasteiger partial charge in [-0.15, -0.1) is 0 Å². The minimum absolute atomic E-state index is 0.0130. The number of benzene rings is 2. The number of hydrogen-bond donors (Lipinski definition) is 2. The number of hydrogen-bond acceptors (Lipinski definition) is 6. The predicted molar refractivity (Wildman–Crippen MR) is 136 cm³/mol. The Labute approximate surface area is 204 Å². The Hall–Kier alpha value is -2.65. The Balaban J connectivity index is 1.59. The van der Waals surface area contributed by atoms with Crippen molar-refractivity contribution in [2.45, 2.75) is 50.8 Å². The number of methoxy groups -OCH3 is 1. The zero-order chi connectivity index (χ0) is 24.3. The summed E-state index contributed by atoms with van der Waals surface area (Å²) in [7, 11) is -2.54. The van der Waals surface area contributed by atoms with Crippen LogP contribution in [0.4, 0.5) is 15.2 Å². The molecule has 0 bridgehead atoms. The minimum atomic E-state index is -3.98. The lowest BCUT2D eigenvalue weighted by atomic mass is 9.89. The largest absolute Gasteiger partial charge is 0.495 e. The Morgan fingerprint density at radius 3 is 2.59 bits per heavy atom. The number of sulfonamides is 1. The molecular weight excluding hydrogens is 473 g/mol. The zero-order valence-electron chi connectivity index (χ0n) is 19.7. The van der Waals surface area contributed by atoms with Crippen LogP contribution in [-0.4, -0.2) is 27.1 Å². The number of thiazole rings is 1. The molecule has 0 amide bonds. The third kappa shape index (κ3) is 5.52. The number of nitrogens with zero attached hydrogens (tertiary/aromatic N) is 1. The van der Waals surface area contributed by atoms with Crippen LogP contribution in [-0.2, 0) is 10.0 Å².